The number of H-pyrrole nitrogens is 2. The third-order valence-corrected chi connectivity index (χ3v) is 13.7. The third kappa shape index (κ3) is 8.10. The number of imidazole rings is 2. The van der Waals surface area contributed by atoms with Gasteiger partial charge in [0.05, 0.1) is 47.3 Å². The molecule has 9 rings (SSSR count). The van der Waals surface area contributed by atoms with Gasteiger partial charge in [-0.05, 0) is 83.2 Å². The predicted octanol–water partition coefficient (Wildman–Crippen LogP) is 7.71. The fourth-order valence-corrected chi connectivity index (χ4v) is 10.0. The molecule has 4 heterocycles. The molecule has 0 spiro atoms. The van der Waals surface area contributed by atoms with E-state index in [9.17, 15) is 19.5 Å². The lowest BCUT2D eigenvalue weighted by Crippen LogP contribution is -2.52. The molecular weight excluding hydrogens is 817 g/mol. The highest BCUT2D eigenvalue weighted by Gasteiger charge is 2.41. The molecule has 2 aliphatic heterocycles. The standard InChI is InChI=1S/C48H52N8O6S/c1-26(2)39(53-47(59)61-3)45(57)55-21-9-12-37(55)43-49-35-19-15-30-22-28(13-17-33(30)41(35)51-43)29-14-18-34-31(23-29)16-20-36-42(34)52-44(50-36)38-24-32(63-5)25-56(38)46(58)40(54-48(60)62-4)27-10-7-6-8-11-27/h6-8,10-11,13-20,22-23,26,32,37-40,47,53,59H,9,12,21,24-25H2,1-5H3,(H,49,51)(H,50,52)(H,54,60)/t32-,37-,38-,39-,40+,47?/m0/s1. The first-order valence-electron chi connectivity index (χ1n) is 21.4. The van der Waals surface area contributed by atoms with E-state index in [1.54, 1.807) is 11.8 Å². The van der Waals surface area contributed by atoms with E-state index in [-0.39, 0.29) is 35.1 Å². The number of carbonyl (C=O) groups is 3. The van der Waals surface area contributed by atoms with Gasteiger partial charge < -0.3 is 39.7 Å². The number of hydrogen-bond donors (Lipinski definition) is 5. The highest BCUT2D eigenvalue weighted by molar-refractivity contribution is 7.99. The number of benzene rings is 5. The van der Waals surface area contributed by atoms with Crippen LogP contribution in [0.1, 0.15) is 68.4 Å². The van der Waals surface area contributed by atoms with Crippen molar-refractivity contribution in [2.45, 2.75) is 68.9 Å². The van der Waals surface area contributed by atoms with Gasteiger partial charge >= 0.3 is 6.09 Å². The number of alkyl carbamates (subject to hydrolysis) is 1. The van der Waals surface area contributed by atoms with Gasteiger partial charge in [0.1, 0.15) is 17.7 Å². The van der Waals surface area contributed by atoms with Gasteiger partial charge in [-0.3, -0.25) is 14.9 Å². The van der Waals surface area contributed by atoms with Gasteiger partial charge in [-0.25, -0.2) is 14.8 Å². The number of nitrogens with one attached hydrogen (secondary N) is 4. The van der Waals surface area contributed by atoms with Crippen molar-refractivity contribution < 1.29 is 29.0 Å². The van der Waals surface area contributed by atoms with E-state index in [0.29, 0.717) is 24.5 Å². The zero-order valence-corrected chi connectivity index (χ0v) is 36.7. The molecule has 0 saturated carbocycles. The van der Waals surface area contributed by atoms with Crippen LogP contribution in [-0.2, 0) is 19.1 Å². The summed E-state index contributed by atoms with van der Waals surface area (Å²) in [5.74, 6) is 1.12. The lowest BCUT2D eigenvalue weighted by Gasteiger charge is -2.31. The average molecular weight is 869 g/mol. The number of aliphatic hydroxyl groups excluding tert-OH is 1. The van der Waals surface area contributed by atoms with Crippen LogP contribution in [0.3, 0.4) is 0 Å². The van der Waals surface area contributed by atoms with Gasteiger partial charge in [-0.15, -0.1) is 0 Å². The van der Waals surface area contributed by atoms with Gasteiger partial charge in [0.15, 0.2) is 0 Å². The topological polar surface area (TPSA) is 178 Å². The van der Waals surface area contributed by atoms with Gasteiger partial charge in [0.2, 0.25) is 12.3 Å². The Balaban J connectivity index is 0.984. The monoisotopic (exact) mass is 868 g/mol. The van der Waals surface area contributed by atoms with Crippen LogP contribution in [0.4, 0.5) is 4.79 Å². The van der Waals surface area contributed by atoms with E-state index in [1.807, 2.05) is 66.1 Å². The largest absolute Gasteiger partial charge is 0.453 e. The molecule has 2 fully saturated rings. The number of fused-ring (bicyclic) bond motifs is 6. The molecule has 2 aromatic heterocycles. The summed E-state index contributed by atoms with van der Waals surface area (Å²) < 4.78 is 9.89. The number of nitrogens with zero attached hydrogens (tertiary/aromatic N) is 4. The molecule has 6 atom stereocenters. The number of carbonyl (C=O) groups excluding carboxylic acids is 3. The van der Waals surface area contributed by atoms with Crippen molar-refractivity contribution in [1.82, 2.24) is 40.4 Å². The summed E-state index contributed by atoms with van der Waals surface area (Å²) in [7, 11) is 2.69. The lowest BCUT2D eigenvalue weighted by molar-refractivity contribution is -0.145. The molecule has 5 N–H and O–H groups in total. The number of rotatable bonds is 12. The second kappa shape index (κ2) is 17.6. The number of amides is 3. The Morgan fingerprint density at radius 3 is 2.00 bits per heavy atom. The molecule has 0 bridgehead atoms. The van der Waals surface area contributed by atoms with Gasteiger partial charge in [-0.1, -0.05) is 80.6 Å². The smallest absolute Gasteiger partial charge is 0.407 e. The zero-order valence-electron chi connectivity index (χ0n) is 35.9. The van der Waals surface area contributed by atoms with E-state index < -0.39 is 24.6 Å². The Kier molecular flexibility index (Phi) is 11.8. The van der Waals surface area contributed by atoms with Crippen molar-refractivity contribution in [2.24, 2.45) is 5.92 Å². The van der Waals surface area contributed by atoms with Gasteiger partial charge in [-0.2, -0.15) is 11.8 Å². The maximum Gasteiger partial charge on any atom is 0.407 e. The van der Waals surface area contributed by atoms with E-state index in [1.165, 1.54) is 14.2 Å². The minimum absolute atomic E-state index is 0.0573. The van der Waals surface area contributed by atoms with E-state index >= 15 is 0 Å². The normalized spacial score (nSPS) is 19.4. The first kappa shape index (κ1) is 42.3. The van der Waals surface area contributed by atoms with Crippen LogP contribution in [0, 0.1) is 5.92 Å². The second-order valence-electron chi connectivity index (χ2n) is 16.8. The Morgan fingerprint density at radius 1 is 0.810 bits per heavy atom. The van der Waals surface area contributed by atoms with Crippen LogP contribution in [0.2, 0.25) is 0 Å². The first-order valence-corrected chi connectivity index (χ1v) is 22.7. The number of aliphatic hydroxyl groups is 1. The molecule has 2 aliphatic rings. The second-order valence-corrected chi connectivity index (χ2v) is 17.9. The minimum atomic E-state index is -1.23. The van der Waals surface area contributed by atoms with Crippen molar-refractivity contribution in [1.29, 1.82) is 0 Å². The number of thioether (sulfide) groups is 1. The quantitative estimate of drug-likeness (QED) is 0.0765. The predicted molar refractivity (Wildman–Crippen MR) is 246 cm³/mol. The molecule has 2 saturated heterocycles. The third-order valence-electron chi connectivity index (χ3n) is 12.7. The summed E-state index contributed by atoms with van der Waals surface area (Å²) in [4.78, 5) is 61.5. The van der Waals surface area contributed by atoms with Gasteiger partial charge in [0, 0.05) is 36.2 Å². The van der Waals surface area contributed by atoms with E-state index in [0.717, 1.165) is 79.8 Å². The molecule has 5 aromatic carbocycles. The van der Waals surface area contributed by atoms with E-state index in [2.05, 4.69) is 75.4 Å². The number of methoxy groups -OCH3 is 2. The SMILES string of the molecule is COC(=O)N[C@@H](C(=O)N1C[C@@H](SC)C[C@H]1c1nc2ccc3cc(-c4ccc5c(ccc6nc([C@@H]7CCCN7C(=O)[C@@H](NC(O)OC)C(C)C)[nH]c65)c4)ccc3c2[nH]1)c1ccccc1. The van der Waals surface area contributed by atoms with Crippen molar-refractivity contribution in [3.05, 3.63) is 108 Å². The molecular formula is C48H52N8O6S. The number of ether oxygens (including phenoxy) is 2. The summed E-state index contributed by atoms with van der Waals surface area (Å²) in [5, 5.41) is 20.2. The molecule has 1 unspecified atom stereocenters. The van der Waals surface area contributed by atoms with Crippen LogP contribution in [0.5, 0.6) is 0 Å². The molecule has 3 amide bonds. The molecule has 0 radical (unpaired) electrons. The molecule has 326 valence electrons. The maximum absolute atomic E-state index is 14.3. The highest BCUT2D eigenvalue weighted by atomic mass is 32.2. The molecule has 15 heteroatoms. The van der Waals surface area contributed by atoms with Crippen molar-refractivity contribution >= 4 is 73.3 Å². The summed E-state index contributed by atoms with van der Waals surface area (Å²) in [6, 6.07) is 28.4. The summed E-state index contributed by atoms with van der Waals surface area (Å²) >= 11 is 1.72. The minimum Gasteiger partial charge on any atom is -0.453 e. The van der Waals surface area contributed by atoms with Crippen molar-refractivity contribution in [3.63, 3.8) is 0 Å². The maximum atomic E-state index is 14.3. The fraction of sp³-hybridized carbons (Fsp3) is 0.354. The van der Waals surface area contributed by atoms with Crippen molar-refractivity contribution in [2.75, 3.05) is 33.6 Å². The van der Waals surface area contributed by atoms with Crippen LogP contribution in [-0.4, -0.2) is 104 Å². The van der Waals surface area contributed by atoms with E-state index in [4.69, 9.17) is 19.4 Å². The van der Waals surface area contributed by atoms with Crippen LogP contribution >= 0.6 is 11.8 Å². The Hall–Kier alpha value is -6.00. The number of aromatic nitrogens is 4. The zero-order chi connectivity index (χ0) is 43.9. The average Bonchev–Trinajstić information content (AvgIpc) is 4.14. The molecule has 14 nitrogen and oxygen atoms in total. The Morgan fingerprint density at radius 2 is 1.43 bits per heavy atom. The number of hydrogen-bond acceptors (Lipinski definition) is 10. The van der Waals surface area contributed by atoms with Crippen molar-refractivity contribution in [3.8, 4) is 11.1 Å². The van der Waals surface area contributed by atoms with Crippen LogP contribution in [0.15, 0.2) is 91.0 Å². The Labute approximate surface area is 369 Å². The van der Waals surface area contributed by atoms with Crippen LogP contribution in [0.25, 0.3) is 54.7 Å². The summed E-state index contributed by atoms with van der Waals surface area (Å²) in [6.07, 6.45) is 2.52. The highest BCUT2D eigenvalue weighted by Crippen LogP contribution is 2.40. The summed E-state index contributed by atoms with van der Waals surface area (Å²) in [6.45, 7) is 5.04. The molecule has 7 aromatic rings. The summed E-state index contributed by atoms with van der Waals surface area (Å²) in [5.41, 5.74) is 6.32. The first-order chi connectivity index (χ1) is 30.5. The molecule has 63 heavy (non-hydrogen) atoms. The number of aromatic amines is 2. The Bertz CT molecular complexity index is 2830. The molecule has 0 aliphatic carbocycles. The number of likely N-dealkylation sites (tertiary alicyclic amines) is 2. The van der Waals surface area contributed by atoms with Crippen LogP contribution < -0.4 is 10.6 Å². The fourth-order valence-electron chi connectivity index (χ4n) is 9.34. The lowest BCUT2D eigenvalue weighted by atomic mass is 9.98. The van der Waals surface area contributed by atoms with Gasteiger partial charge in [0.25, 0.3) is 5.91 Å².